The standard InChI is InChI=1S/C13H27N3O/c1-12(2)15(3)13(17)11-14-7-6-10-16-8-4-5-9-16/h12,14H,4-11H2,1-3H3. The van der Waals surface area contributed by atoms with Crippen LogP contribution in [0.15, 0.2) is 0 Å². The second kappa shape index (κ2) is 7.67. The molecule has 1 N–H and O–H groups in total. The smallest absolute Gasteiger partial charge is 0.236 e. The summed E-state index contributed by atoms with van der Waals surface area (Å²) in [6.45, 7) is 9.16. The van der Waals surface area contributed by atoms with Crippen molar-refractivity contribution >= 4 is 5.91 Å². The normalized spacial score (nSPS) is 16.7. The summed E-state index contributed by atoms with van der Waals surface area (Å²) < 4.78 is 0. The first kappa shape index (κ1) is 14.5. The van der Waals surface area contributed by atoms with E-state index in [-0.39, 0.29) is 11.9 Å². The van der Waals surface area contributed by atoms with Crippen LogP contribution in [0.3, 0.4) is 0 Å². The largest absolute Gasteiger partial charge is 0.342 e. The van der Waals surface area contributed by atoms with Crippen LogP contribution in [0.1, 0.15) is 33.1 Å². The molecule has 0 atom stereocenters. The number of likely N-dealkylation sites (N-methyl/N-ethyl adjacent to an activating group) is 1. The minimum atomic E-state index is 0.182. The molecule has 1 saturated heterocycles. The van der Waals surface area contributed by atoms with Gasteiger partial charge in [0.15, 0.2) is 0 Å². The van der Waals surface area contributed by atoms with E-state index in [1.54, 1.807) is 4.90 Å². The summed E-state index contributed by atoms with van der Waals surface area (Å²) >= 11 is 0. The van der Waals surface area contributed by atoms with E-state index >= 15 is 0 Å². The lowest BCUT2D eigenvalue weighted by Crippen LogP contribution is -2.40. The van der Waals surface area contributed by atoms with Crippen molar-refractivity contribution in [1.29, 1.82) is 0 Å². The van der Waals surface area contributed by atoms with Crippen LogP contribution >= 0.6 is 0 Å². The van der Waals surface area contributed by atoms with Crippen LogP contribution in [0.2, 0.25) is 0 Å². The molecule has 0 bridgehead atoms. The van der Waals surface area contributed by atoms with E-state index < -0.39 is 0 Å². The molecule has 1 aliphatic heterocycles. The number of carbonyl (C=O) groups is 1. The van der Waals surface area contributed by atoms with Gasteiger partial charge in [0.05, 0.1) is 6.54 Å². The minimum Gasteiger partial charge on any atom is -0.342 e. The molecule has 1 heterocycles. The molecule has 0 saturated carbocycles. The van der Waals surface area contributed by atoms with Crippen LogP contribution in [-0.2, 0) is 4.79 Å². The predicted molar refractivity (Wildman–Crippen MR) is 71.1 cm³/mol. The minimum absolute atomic E-state index is 0.182. The molecule has 4 nitrogen and oxygen atoms in total. The van der Waals surface area contributed by atoms with Gasteiger partial charge in [-0.05, 0) is 59.3 Å². The Balaban J connectivity index is 1.98. The second-order valence-corrected chi connectivity index (χ2v) is 5.18. The SMILES string of the molecule is CC(C)N(C)C(=O)CNCCCN1CCCC1. The number of nitrogens with zero attached hydrogens (tertiary/aromatic N) is 2. The van der Waals surface area contributed by atoms with Crippen molar-refractivity contribution in [2.45, 2.75) is 39.2 Å². The van der Waals surface area contributed by atoms with E-state index in [1.165, 1.54) is 32.5 Å². The van der Waals surface area contributed by atoms with E-state index in [0.29, 0.717) is 6.54 Å². The van der Waals surface area contributed by atoms with Gasteiger partial charge in [-0.1, -0.05) is 0 Å². The summed E-state index contributed by atoms with van der Waals surface area (Å²) in [7, 11) is 1.86. The lowest BCUT2D eigenvalue weighted by Gasteiger charge is -2.21. The monoisotopic (exact) mass is 241 g/mol. The Labute approximate surface area is 105 Å². The van der Waals surface area contributed by atoms with Gasteiger partial charge in [-0.25, -0.2) is 0 Å². The van der Waals surface area contributed by atoms with E-state index in [0.717, 1.165) is 13.0 Å². The molecular formula is C13H27N3O. The van der Waals surface area contributed by atoms with Crippen molar-refractivity contribution in [2.75, 3.05) is 39.8 Å². The van der Waals surface area contributed by atoms with Crippen molar-refractivity contribution < 1.29 is 4.79 Å². The summed E-state index contributed by atoms with van der Waals surface area (Å²) in [4.78, 5) is 15.9. The van der Waals surface area contributed by atoms with Crippen LogP contribution in [0, 0.1) is 0 Å². The highest BCUT2D eigenvalue weighted by atomic mass is 16.2. The number of hydrogen-bond donors (Lipinski definition) is 1. The molecule has 0 spiro atoms. The Morgan fingerprint density at radius 3 is 2.59 bits per heavy atom. The first-order valence-corrected chi connectivity index (χ1v) is 6.80. The van der Waals surface area contributed by atoms with Gasteiger partial charge in [0, 0.05) is 13.1 Å². The first-order valence-electron chi connectivity index (χ1n) is 6.80. The quantitative estimate of drug-likeness (QED) is 0.674. The van der Waals surface area contributed by atoms with Crippen molar-refractivity contribution in [3.8, 4) is 0 Å². The zero-order valence-electron chi connectivity index (χ0n) is 11.5. The van der Waals surface area contributed by atoms with Crippen molar-refractivity contribution in [3.63, 3.8) is 0 Å². The maximum Gasteiger partial charge on any atom is 0.236 e. The van der Waals surface area contributed by atoms with Gasteiger partial charge in [-0.2, -0.15) is 0 Å². The Morgan fingerprint density at radius 1 is 1.35 bits per heavy atom. The van der Waals surface area contributed by atoms with Crippen LogP contribution in [0.5, 0.6) is 0 Å². The van der Waals surface area contributed by atoms with Gasteiger partial charge in [0.2, 0.25) is 5.91 Å². The highest BCUT2D eigenvalue weighted by Crippen LogP contribution is 2.06. The van der Waals surface area contributed by atoms with Crippen LogP contribution in [-0.4, -0.2) is 61.5 Å². The van der Waals surface area contributed by atoms with Crippen LogP contribution in [0.25, 0.3) is 0 Å². The fourth-order valence-corrected chi connectivity index (χ4v) is 2.04. The molecule has 0 aromatic rings. The molecule has 0 aromatic carbocycles. The van der Waals surface area contributed by atoms with E-state index in [2.05, 4.69) is 10.2 Å². The van der Waals surface area contributed by atoms with Gasteiger partial charge in [0.25, 0.3) is 0 Å². The Hall–Kier alpha value is -0.610. The summed E-state index contributed by atoms with van der Waals surface area (Å²) in [6.07, 6.45) is 3.84. The van der Waals surface area contributed by atoms with Gasteiger partial charge in [0.1, 0.15) is 0 Å². The Kier molecular flexibility index (Phi) is 6.52. The van der Waals surface area contributed by atoms with E-state index in [1.807, 2.05) is 20.9 Å². The van der Waals surface area contributed by atoms with E-state index in [4.69, 9.17) is 0 Å². The molecule has 0 radical (unpaired) electrons. The third-order valence-corrected chi connectivity index (χ3v) is 3.47. The fraction of sp³-hybridized carbons (Fsp3) is 0.923. The average molecular weight is 241 g/mol. The van der Waals surface area contributed by atoms with Gasteiger partial charge < -0.3 is 15.1 Å². The molecular weight excluding hydrogens is 214 g/mol. The van der Waals surface area contributed by atoms with Gasteiger partial charge in [-0.3, -0.25) is 4.79 Å². The third kappa shape index (κ3) is 5.50. The molecule has 1 amide bonds. The molecule has 0 aliphatic carbocycles. The molecule has 0 aromatic heterocycles. The number of carbonyl (C=O) groups excluding carboxylic acids is 1. The lowest BCUT2D eigenvalue weighted by molar-refractivity contribution is -0.130. The molecule has 100 valence electrons. The van der Waals surface area contributed by atoms with Gasteiger partial charge >= 0.3 is 0 Å². The highest BCUT2D eigenvalue weighted by molar-refractivity contribution is 5.78. The number of rotatable bonds is 7. The summed E-state index contributed by atoms with van der Waals surface area (Å²) in [5.41, 5.74) is 0. The van der Waals surface area contributed by atoms with Gasteiger partial charge in [-0.15, -0.1) is 0 Å². The first-order chi connectivity index (χ1) is 8.11. The molecule has 1 fully saturated rings. The Bertz CT molecular complexity index is 225. The highest BCUT2D eigenvalue weighted by Gasteiger charge is 2.12. The number of nitrogens with one attached hydrogen (secondary N) is 1. The number of hydrogen-bond acceptors (Lipinski definition) is 3. The summed E-state index contributed by atoms with van der Waals surface area (Å²) in [5, 5.41) is 3.23. The molecule has 1 rings (SSSR count). The molecule has 4 heteroatoms. The maximum absolute atomic E-state index is 11.7. The van der Waals surface area contributed by atoms with Crippen molar-refractivity contribution in [2.24, 2.45) is 0 Å². The van der Waals surface area contributed by atoms with Crippen LogP contribution < -0.4 is 5.32 Å². The van der Waals surface area contributed by atoms with E-state index in [9.17, 15) is 4.79 Å². The Morgan fingerprint density at radius 2 is 2.00 bits per heavy atom. The fourth-order valence-electron chi connectivity index (χ4n) is 2.04. The number of amides is 1. The molecule has 17 heavy (non-hydrogen) atoms. The van der Waals surface area contributed by atoms with Crippen LogP contribution in [0.4, 0.5) is 0 Å². The summed E-state index contributed by atoms with van der Waals surface area (Å²) in [5.74, 6) is 0.182. The second-order valence-electron chi connectivity index (χ2n) is 5.18. The zero-order valence-corrected chi connectivity index (χ0v) is 11.5. The number of likely N-dealkylation sites (tertiary alicyclic amines) is 1. The summed E-state index contributed by atoms with van der Waals surface area (Å²) in [6, 6.07) is 0.286. The lowest BCUT2D eigenvalue weighted by atomic mass is 10.3. The topological polar surface area (TPSA) is 35.6 Å². The average Bonchev–Trinajstić information content (AvgIpc) is 2.80. The van der Waals surface area contributed by atoms with Crippen molar-refractivity contribution in [1.82, 2.24) is 15.1 Å². The predicted octanol–water partition coefficient (Wildman–Crippen LogP) is 0.929. The third-order valence-electron chi connectivity index (χ3n) is 3.47. The zero-order chi connectivity index (χ0) is 12.7. The molecule has 1 aliphatic rings. The van der Waals surface area contributed by atoms with Crippen molar-refractivity contribution in [3.05, 3.63) is 0 Å². The molecule has 0 unspecified atom stereocenters. The maximum atomic E-state index is 11.7.